The highest BCUT2D eigenvalue weighted by Crippen LogP contribution is 2.65. The Hall–Kier alpha value is -7.72. The first kappa shape index (κ1) is 88.6. The van der Waals surface area contributed by atoms with Gasteiger partial charge in [0.15, 0.2) is 18.9 Å². The Morgan fingerprint density at radius 1 is 0.316 bits per heavy atom. The molecule has 0 saturated heterocycles. The van der Waals surface area contributed by atoms with Gasteiger partial charge in [0.1, 0.15) is 32.9 Å². The molecule has 11 heteroatoms. The zero-order valence-corrected chi connectivity index (χ0v) is 72.9. The molecule has 0 atom stereocenters. The van der Waals surface area contributed by atoms with Crippen molar-refractivity contribution < 1.29 is 37.6 Å². The molecule has 6 aliphatic carbocycles. The molecule has 0 bridgehead atoms. The summed E-state index contributed by atoms with van der Waals surface area (Å²) < 4.78 is 54.4. The van der Waals surface area contributed by atoms with E-state index in [1.165, 1.54) is 231 Å². The number of aryl methyl sites for hydroxylation is 6. The van der Waals surface area contributed by atoms with E-state index in [1.54, 1.807) is 7.11 Å². The number of carbonyl (C=O) groups excluding carboxylic acids is 3. The van der Waals surface area contributed by atoms with Crippen molar-refractivity contribution in [2.24, 2.45) is 0 Å². The number of ether oxygens (including phenoxy) is 2. The van der Waals surface area contributed by atoms with Gasteiger partial charge in [-0.3, -0.25) is 14.4 Å². The van der Waals surface area contributed by atoms with Crippen molar-refractivity contribution in [1.82, 2.24) is 0 Å². The first-order valence-electron chi connectivity index (χ1n) is 43.5. The molecule has 9 aromatic rings. The van der Waals surface area contributed by atoms with E-state index in [1.807, 2.05) is 167 Å². The van der Waals surface area contributed by atoms with Gasteiger partial charge in [0, 0.05) is 77.7 Å². The molecule has 6 saturated carbocycles. The van der Waals surface area contributed by atoms with Gasteiger partial charge in [-0.25, -0.2) is 0 Å². The quantitative estimate of drug-likeness (QED) is 0.0615. The summed E-state index contributed by atoms with van der Waals surface area (Å²) in [6.45, 7) is 16.8. The minimum absolute atomic E-state index is 0.101. The highest BCUT2D eigenvalue weighted by molar-refractivity contribution is 7.73. The fourth-order valence-corrected chi connectivity index (χ4v) is 33.6. The third-order valence-electron chi connectivity index (χ3n) is 25.3. The maximum Gasteiger partial charge on any atom is 0.150 e. The number of carbonyl (C=O) groups is 3. The fraction of sp³-hybridized carbons (Fsp3) is 0.447. The van der Waals surface area contributed by atoms with Gasteiger partial charge < -0.3 is 23.2 Å². The average molecular weight is 1590 g/mol. The van der Waals surface area contributed by atoms with E-state index >= 15 is 0 Å². The molecule has 606 valence electrons. The largest absolute Gasteiger partial charge is 0.496 e. The number of hydrogen-bond donors (Lipinski definition) is 0. The molecule has 0 unspecified atom stereocenters. The van der Waals surface area contributed by atoms with Crippen LogP contribution in [0.5, 0.6) is 11.5 Å². The molecule has 0 aromatic heterocycles. The monoisotopic (exact) mass is 1590 g/mol. The molecule has 6 aliphatic rings. The van der Waals surface area contributed by atoms with Crippen molar-refractivity contribution in [2.45, 2.75) is 288 Å². The standard InChI is InChI=1S/C21H33OP.C19H29OP.C18H27OP.C17H18O2.C15H14O2.C13H10O/c1-16-14-17(2)21(18(3)15-16)23(22,19-10-6-4-7-11-19)20-12-8-5-9-13-20;1-16-10-8-9-15-19(16)21(20,17-11-4-2-5-12-17)18-13-6-3-7-14-18;19-20(16-10-4-1-5-11-16,17-12-6-2-7-13-17)18-14-8-3-9-15-18;1-12(2)19-16-10-6-7-13(3)17(16)15-9-5-4-8-14(15)11-18;1-11-6-5-9-14(17-2)15(11)13-8-4-3-7-12(13)10-16;14-10-12-8-4-5-9-13(12)11-6-2-1-3-7-11/h14-15,19-20H,4-13H2,1-3H3;8-10,15,17-18H,2-7,11-14H2,1H3;1,4-5,10-11,17-18H,2-3,6-9,12-15H2;4-12H,1-3H3;3-10H,1-2H3;1-10H. The van der Waals surface area contributed by atoms with Crippen LogP contribution in [-0.2, 0) is 13.7 Å². The second kappa shape index (κ2) is 44.6. The summed E-state index contributed by atoms with van der Waals surface area (Å²) in [5.41, 5.74) is 18.1. The zero-order valence-electron chi connectivity index (χ0n) is 70.2. The predicted molar refractivity (Wildman–Crippen MR) is 485 cm³/mol. The van der Waals surface area contributed by atoms with Crippen molar-refractivity contribution >= 4 is 56.2 Å². The van der Waals surface area contributed by atoms with E-state index in [4.69, 9.17) is 9.47 Å². The van der Waals surface area contributed by atoms with E-state index in [0.717, 1.165) is 80.4 Å². The van der Waals surface area contributed by atoms with E-state index in [0.29, 0.717) is 45.1 Å². The third-order valence-corrected chi connectivity index (χ3v) is 38.7. The van der Waals surface area contributed by atoms with Crippen LogP contribution in [0.25, 0.3) is 33.4 Å². The number of benzene rings is 9. The van der Waals surface area contributed by atoms with E-state index in [-0.39, 0.29) is 6.10 Å². The van der Waals surface area contributed by atoms with E-state index in [2.05, 4.69) is 94.4 Å². The van der Waals surface area contributed by atoms with Gasteiger partial charge in [-0.15, -0.1) is 0 Å². The Bertz CT molecular complexity index is 4550. The second-order valence-corrected chi connectivity index (χ2v) is 43.6. The van der Waals surface area contributed by atoms with Crippen LogP contribution in [0, 0.1) is 41.5 Å². The number of methoxy groups -OCH3 is 1. The van der Waals surface area contributed by atoms with Crippen molar-refractivity contribution in [2.75, 3.05) is 7.11 Å². The molecule has 9 aromatic carbocycles. The SMILES string of the molecule is COc1cccc(C)c1-c1ccccc1C=O.Cc1cc(C)c(P(=O)(C2CCCCC2)C2CCCCC2)c(C)c1.Cc1cccc(OC(C)C)c1-c1ccccc1C=O.Cc1ccccc1P(=O)(C1CCCCC1)C1CCCCC1.O=Cc1ccccc1-c1ccccc1.O=P(c1ccccc1)(C1CCCCC1)C1CCCCC1. The Labute approximate surface area is 685 Å². The smallest absolute Gasteiger partial charge is 0.150 e. The molecular weight excluding hydrogens is 1460 g/mol. The lowest BCUT2D eigenvalue weighted by Gasteiger charge is -2.40. The third kappa shape index (κ3) is 22.5. The van der Waals surface area contributed by atoms with E-state index < -0.39 is 21.4 Å². The molecule has 6 fully saturated rings. The molecule has 0 aliphatic heterocycles. The summed E-state index contributed by atoms with van der Waals surface area (Å²) >= 11 is 0. The zero-order chi connectivity index (χ0) is 80.9. The predicted octanol–water partition coefficient (Wildman–Crippen LogP) is 28.2. The molecule has 0 amide bonds. The van der Waals surface area contributed by atoms with Crippen molar-refractivity contribution in [3.8, 4) is 44.9 Å². The Morgan fingerprint density at radius 2 is 0.632 bits per heavy atom. The Balaban J connectivity index is 0.000000146. The Morgan fingerprint density at radius 3 is 1.02 bits per heavy atom. The lowest BCUT2D eigenvalue weighted by atomic mass is 9.95. The van der Waals surface area contributed by atoms with Crippen LogP contribution in [0.1, 0.15) is 271 Å². The van der Waals surface area contributed by atoms with Crippen LogP contribution in [0.2, 0.25) is 0 Å². The summed E-state index contributed by atoms with van der Waals surface area (Å²) in [5, 5.41) is 3.68. The van der Waals surface area contributed by atoms with Crippen molar-refractivity contribution in [1.29, 1.82) is 0 Å². The highest BCUT2D eigenvalue weighted by atomic mass is 31.2. The number of hydrogen-bond acceptors (Lipinski definition) is 8. The molecule has 0 N–H and O–H groups in total. The van der Waals surface area contributed by atoms with E-state index in [9.17, 15) is 28.1 Å². The first-order chi connectivity index (χ1) is 55.4. The maximum absolute atomic E-state index is 14.7. The molecular formula is C103H131O8P3. The van der Waals surface area contributed by atoms with Crippen molar-refractivity contribution in [3.63, 3.8) is 0 Å². The molecule has 8 nitrogen and oxygen atoms in total. The molecule has 0 heterocycles. The van der Waals surface area contributed by atoms with Gasteiger partial charge in [0.25, 0.3) is 0 Å². The second-order valence-electron chi connectivity index (χ2n) is 33.5. The van der Waals surface area contributed by atoms with Gasteiger partial charge in [0.05, 0.1) is 13.2 Å². The average Bonchev–Trinajstić information content (AvgIpc) is 1.50. The van der Waals surface area contributed by atoms with Crippen LogP contribution < -0.4 is 25.4 Å². The number of rotatable bonds is 18. The lowest BCUT2D eigenvalue weighted by Crippen LogP contribution is -2.32. The van der Waals surface area contributed by atoms with Gasteiger partial charge in [-0.2, -0.15) is 0 Å². The minimum atomic E-state index is -2.32. The van der Waals surface area contributed by atoms with Gasteiger partial charge in [-0.05, 0) is 195 Å². The highest BCUT2D eigenvalue weighted by Gasteiger charge is 2.46. The first-order valence-corrected chi connectivity index (χ1v) is 49.0. The normalized spacial score (nSPS) is 16.9. The lowest BCUT2D eigenvalue weighted by molar-refractivity contribution is 0.111. The molecule has 0 radical (unpaired) electrons. The van der Waals surface area contributed by atoms with Crippen LogP contribution in [-0.4, -0.2) is 66.0 Å². The topological polar surface area (TPSA) is 121 Å². The van der Waals surface area contributed by atoms with Gasteiger partial charge >= 0.3 is 0 Å². The minimum Gasteiger partial charge on any atom is -0.496 e. The molecule has 0 spiro atoms. The molecule has 15 rings (SSSR count). The van der Waals surface area contributed by atoms with Crippen LogP contribution in [0.3, 0.4) is 0 Å². The van der Waals surface area contributed by atoms with Crippen LogP contribution >= 0.6 is 21.4 Å². The summed E-state index contributed by atoms with van der Waals surface area (Å²) in [7, 11) is -5.16. The summed E-state index contributed by atoms with van der Waals surface area (Å²) in [6.07, 6.45) is 40.6. The summed E-state index contributed by atoms with van der Waals surface area (Å²) in [5.74, 6) is 1.61. The van der Waals surface area contributed by atoms with Crippen molar-refractivity contribution in [3.05, 3.63) is 256 Å². The number of aldehydes is 3. The van der Waals surface area contributed by atoms with Crippen LogP contribution in [0.4, 0.5) is 0 Å². The summed E-state index contributed by atoms with van der Waals surface area (Å²) in [6, 6.07) is 68.0. The van der Waals surface area contributed by atoms with Gasteiger partial charge in [-0.1, -0.05) is 315 Å². The Kier molecular flexibility index (Phi) is 34.7. The van der Waals surface area contributed by atoms with Crippen LogP contribution in [0.15, 0.2) is 206 Å². The van der Waals surface area contributed by atoms with Gasteiger partial charge in [0.2, 0.25) is 0 Å². The fourth-order valence-electron chi connectivity index (χ4n) is 19.8. The maximum atomic E-state index is 14.7. The summed E-state index contributed by atoms with van der Waals surface area (Å²) in [4.78, 5) is 33.1. The molecule has 114 heavy (non-hydrogen) atoms.